The average molecular weight is 259 g/mol. The molecule has 0 unspecified atom stereocenters. The maximum Gasteiger partial charge on any atom is 0.252 e. The molecular weight excluding hydrogens is 244 g/mol. The van der Waals surface area contributed by atoms with Gasteiger partial charge in [0, 0.05) is 6.54 Å². The molecule has 0 atom stereocenters. The zero-order valence-corrected chi connectivity index (χ0v) is 10.7. The highest BCUT2D eigenvalue weighted by atomic mass is 35.5. The molecule has 0 saturated heterocycles. The molecule has 0 bridgehead atoms. The first-order valence-electron chi connectivity index (χ1n) is 4.98. The summed E-state index contributed by atoms with van der Waals surface area (Å²) in [5.74, 6) is 0.865. The van der Waals surface area contributed by atoms with Crippen molar-refractivity contribution < 1.29 is 4.79 Å². The first kappa shape index (κ1) is 13.2. The number of anilines is 1. The third-order valence-electron chi connectivity index (χ3n) is 2.08. The number of benzene rings is 1. The van der Waals surface area contributed by atoms with Crippen LogP contribution in [0.1, 0.15) is 16.8 Å². The fourth-order valence-corrected chi connectivity index (χ4v) is 1.88. The number of carbonyl (C=O) groups is 1. The van der Waals surface area contributed by atoms with Gasteiger partial charge < -0.3 is 11.1 Å². The zero-order chi connectivity index (χ0) is 12.0. The van der Waals surface area contributed by atoms with Crippen LogP contribution in [0.5, 0.6) is 0 Å². The van der Waals surface area contributed by atoms with E-state index >= 15 is 0 Å². The van der Waals surface area contributed by atoms with Gasteiger partial charge in [0.15, 0.2) is 0 Å². The SMILES string of the molecule is CSCCCNC(=O)c1cccc(N)c1Cl. The van der Waals surface area contributed by atoms with Crippen LogP contribution in [0.25, 0.3) is 0 Å². The van der Waals surface area contributed by atoms with E-state index in [2.05, 4.69) is 5.32 Å². The van der Waals surface area contributed by atoms with Crippen LogP contribution in [0.4, 0.5) is 5.69 Å². The Labute approximate surface area is 105 Å². The predicted molar refractivity (Wildman–Crippen MR) is 71.2 cm³/mol. The van der Waals surface area contributed by atoms with Crippen molar-refractivity contribution in [1.82, 2.24) is 5.32 Å². The van der Waals surface area contributed by atoms with E-state index in [0.29, 0.717) is 22.8 Å². The number of carbonyl (C=O) groups excluding carboxylic acids is 1. The van der Waals surface area contributed by atoms with Gasteiger partial charge in [0.25, 0.3) is 5.91 Å². The molecular formula is C11H15ClN2OS. The molecule has 0 radical (unpaired) electrons. The molecule has 88 valence electrons. The Kier molecular flexibility index (Phi) is 5.49. The van der Waals surface area contributed by atoms with Gasteiger partial charge >= 0.3 is 0 Å². The molecule has 3 nitrogen and oxygen atoms in total. The molecule has 3 N–H and O–H groups in total. The van der Waals surface area contributed by atoms with E-state index in [4.69, 9.17) is 17.3 Å². The summed E-state index contributed by atoms with van der Waals surface area (Å²) < 4.78 is 0. The normalized spacial score (nSPS) is 10.1. The molecule has 1 amide bonds. The maximum absolute atomic E-state index is 11.7. The predicted octanol–water partition coefficient (Wildman–Crippen LogP) is 2.41. The fraction of sp³-hybridized carbons (Fsp3) is 0.364. The maximum atomic E-state index is 11.7. The summed E-state index contributed by atoms with van der Waals surface area (Å²) in [6, 6.07) is 5.06. The van der Waals surface area contributed by atoms with Gasteiger partial charge in [-0.15, -0.1) is 0 Å². The van der Waals surface area contributed by atoms with Gasteiger partial charge in [-0.2, -0.15) is 11.8 Å². The Morgan fingerprint density at radius 1 is 1.56 bits per heavy atom. The summed E-state index contributed by atoms with van der Waals surface area (Å²) in [5, 5.41) is 3.13. The van der Waals surface area contributed by atoms with E-state index in [-0.39, 0.29) is 5.91 Å². The molecule has 0 heterocycles. The van der Waals surface area contributed by atoms with Crippen molar-refractivity contribution in [3.05, 3.63) is 28.8 Å². The van der Waals surface area contributed by atoms with Gasteiger partial charge in [-0.1, -0.05) is 17.7 Å². The van der Waals surface area contributed by atoms with Crippen molar-refractivity contribution >= 4 is 35.0 Å². The molecule has 0 aromatic heterocycles. The van der Waals surface area contributed by atoms with Crippen LogP contribution in [0.3, 0.4) is 0 Å². The van der Waals surface area contributed by atoms with E-state index < -0.39 is 0 Å². The van der Waals surface area contributed by atoms with Crippen molar-refractivity contribution in [2.24, 2.45) is 0 Å². The molecule has 1 rings (SSSR count). The van der Waals surface area contributed by atoms with Gasteiger partial charge in [0.05, 0.1) is 16.3 Å². The van der Waals surface area contributed by atoms with Crippen LogP contribution >= 0.6 is 23.4 Å². The van der Waals surface area contributed by atoms with E-state index in [1.165, 1.54) is 0 Å². The van der Waals surface area contributed by atoms with Crippen LogP contribution in [0.15, 0.2) is 18.2 Å². The second-order valence-corrected chi connectivity index (χ2v) is 4.67. The van der Waals surface area contributed by atoms with Gasteiger partial charge in [-0.3, -0.25) is 4.79 Å². The first-order valence-corrected chi connectivity index (χ1v) is 6.75. The summed E-state index contributed by atoms with van der Waals surface area (Å²) in [7, 11) is 0. The van der Waals surface area contributed by atoms with E-state index in [9.17, 15) is 4.79 Å². The monoisotopic (exact) mass is 258 g/mol. The summed E-state index contributed by atoms with van der Waals surface area (Å²) in [6.07, 6.45) is 2.99. The highest BCUT2D eigenvalue weighted by Gasteiger charge is 2.10. The third kappa shape index (κ3) is 3.61. The minimum Gasteiger partial charge on any atom is -0.398 e. The number of halogens is 1. The lowest BCUT2D eigenvalue weighted by atomic mass is 10.2. The number of hydrogen-bond donors (Lipinski definition) is 2. The van der Waals surface area contributed by atoms with Crippen molar-refractivity contribution in [2.75, 3.05) is 24.3 Å². The first-order chi connectivity index (χ1) is 7.66. The van der Waals surface area contributed by atoms with Gasteiger partial charge in [-0.05, 0) is 30.6 Å². The second kappa shape index (κ2) is 6.66. The summed E-state index contributed by atoms with van der Waals surface area (Å²) in [4.78, 5) is 11.7. The summed E-state index contributed by atoms with van der Waals surface area (Å²) in [5.41, 5.74) is 6.48. The Hall–Kier alpha value is -0.870. The molecule has 0 aliphatic carbocycles. The minimum atomic E-state index is -0.168. The molecule has 5 heteroatoms. The molecule has 0 spiro atoms. The quantitative estimate of drug-likeness (QED) is 0.630. The minimum absolute atomic E-state index is 0.168. The van der Waals surface area contributed by atoms with E-state index in [1.54, 1.807) is 30.0 Å². The highest BCUT2D eigenvalue weighted by molar-refractivity contribution is 7.98. The Morgan fingerprint density at radius 2 is 2.31 bits per heavy atom. The van der Waals surface area contributed by atoms with Crippen molar-refractivity contribution in [2.45, 2.75) is 6.42 Å². The summed E-state index contributed by atoms with van der Waals surface area (Å²) >= 11 is 7.70. The van der Waals surface area contributed by atoms with Crippen LogP contribution < -0.4 is 11.1 Å². The third-order valence-corrected chi connectivity index (χ3v) is 3.20. The largest absolute Gasteiger partial charge is 0.398 e. The number of rotatable bonds is 5. The smallest absolute Gasteiger partial charge is 0.252 e. The van der Waals surface area contributed by atoms with Gasteiger partial charge in [0.1, 0.15) is 0 Å². The second-order valence-electron chi connectivity index (χ2n) is 3.31. The average Bonchev–Trinajstić information content (AvgIpc) is 2.28. The molecule has 0 saturated carbocycles. The Bertz CT molecular complexity index is 371. The number of nitrogen functional groups attached to an aromatic ring is 1. The Balaban J connectivity index is 2.56. The molecule has 16 heavy (non-hydrogen) atoms. The molecule has 0 aliphatic heterocycles. The number of hydrogen-bond acceptors (Lipinski definition) is 3. The summed E-state index contributed by atoms with van der Waals surface area (Å²) in [6.45, 7) is 0.658. The highest BCUT2D eigenvalue weighted by Crippen LogP contribution is 2.22. The van der Waals surface area contributed by atoms with Crippen molar-refractivity contribution in [3.8, 4) is 0 Å². The van der Waals surface area contributed by atoms with E-state index in [0.717, 1.165) is 12.2 Å². The molecule has 1 aromatic carbocycles. The molecule has 0 aliphatic rings. The number of nitrogens with two attached hydrogens (primary N) is 1. The van der Waals surface area contributed by atoms with Crippen LogP contribution in [0.2, 0.25) is 5.02 Å². The van der Waals surface area contributed by atoms with Gasteiger partial charge in [-0.25, -0.2) is 0 Å². The van der Waals surface area contributed by atoms with Crippen LogP contribution in [0, 0.1) is 0 Å². The lowest BCUT2D eigenvalue weighted by molar-refractivity contribution is 0.0954. The van der Waals surface area contributed by atoms with E-state index in [1.807, 2.05) is 6.26 Å². The van der Waals surface area contributed by atoms with Crippen LogP contribution in [-0.2, 0) is 0 Å². The zero-order valence-electron chi connectivity index (χ0n) is 9.13. The number of nitrogens with one attached hydrogen (secondary N) is 1. The Morgan fingerprint density at radius 3 is 3.00 bits per heavy atom. The number of amides is 1. The fourth-order valence-electron chi connectivity index (χ4n) is 1.24. The standard InChI is InChI=1S/C11H15ClN2OS/c1-16-7-3-6-14-11(15)8-4-2-5-9(13)10(8)12/h2,4-5H,3,6-7,13H2,1H3,(H,14,15). The topological polar surface area (TPSA) is 55.1 Å². The van der Waals surface area contributed by atoms with Crippen molar-refractivity contribution in [3.63, 3.8) is 0 Å². The van der Waals surface area contributed by atoms with Crippen molar-refractivity contribution in [1.29, 1.82) is 0 Å². The molecule has 1 aromatic rings. The molecule has 0 fully saturated rings. The van der Waals surface area contributed by atoms with Gasteiger partial charge in [0.2, 0.25) is 0 Å². The van der Waals surface area contributed by atoms with Crippen LogP contribution in [-0.4, -0.2) is 24.5 Å². The number of thioether (sulfide) groups is 1. The lowest BCUT2D eigenvalue weighted by Crippen LogP contribution is -2.25. The lowest BCUT2D eigenvalue weighted by Gasteiger charge is -2.07.